The molecule has 1 aromatic carbocycles. The molecule has 5 heteroatoms. The van der Waals surface area contributed by atoms with E-state index in [0.717, 1.165) is 12.0 Å². The molecule has 1 aromatic rings. The fraction of sp³-hybridized carbons (Fsp3) is 0.533. The van der Waals surface area contributed by atoms with Crippen molar-refractivity contribution in [1.29, 1.82) is 0 Å². The maximum absolute atomic E-state index is 11.6. The van der Waals surface area contributed by atoms with Crippen molar-refractivity contribution < 1.29 is 14.6 Å². The van der Waals surface area contributed by atoms with Gasteiger partial charge in [0.2, 0.25) is 0 Å². The third kappa shape index (κ3) is 3.63. The first-order valence-electron chi connectivity index (χ1n) is 6.83. The van der Waals surface area contributed by atoms with Gasteiger partial charge in [0, 0.05) is 11.8 Å². The van der Waals surface area contributed by atoms with Crippen LogP contribution in [0.4, 0.5) is 10.5 Å². The molecule has 1 fully saturated rings. The van der Waals surface area contributed by atoms with Crippen LogP contribution < -0.4 is 11.1 Å². The molecule has 5 nitrogen and oxygen atoms in total. The molecular weight excluding hydrogens is 256 g/mol. The Balaban J connectivity index is 2.01. The SMILES string of the molecule is CC(C)(C)OC(=O)Nc1ccc(C2CC2CN)c(O)c1. The van der Waals surface area contributed by atoms with E-state index in [4.69, 9.17) is 10.5 Å². The van der Waals surface area contributed by atoms with Gasteiger partial charge >= 0.3 is 6.09 Å². The summed E-state index contributed by atoms with van der Waals surface area (Å²) >= 11 is 0. The normalized spacial score (nSPS) is 21.4. The lowest BCUT2D eigenvalue weighted by molar-refractivity contribution is 0.0636. The Hall–Kier alpha value is -1.75. The topological polar surface area (TPSA) is 84.6 Å². The van der Waals surface area contributed by atoms with Crippen LogP contribution in [0.5, 0.6) is 5.75 Å². The number of aromatic hydroxyl groups is 1. The molecule has 0 bridgehead atoms. The average molecular weight is 278 g/mol. The molecule has 0 aliphatic heterocycles. The summed E-state index contributed by atoms with van der Waals surface area (Å²) in [5.74, 6) is 1.00. The van der Waals surface area contributed by atoms with E-state index in [1.165, 1.54) is 0 Å². The smallest absolute Gasteiger partial charge is 0.412 e. The first kappa shape index (κ1) is 14.7. The molecule has 0 aromatic heterocycles. The number of anilines is 1. The zero-order valence-electron chi connectivity index (χ0n) is 12.1. The zero-order valence-corrected chi connectivity index (χ0v) is 12.1. The number of carbonyl (C=O) groups is 1. The van der Waals surface area contributed by atoms with Gasteiger partial charge in [0.25, 0.3) is 0 Å². The molecule has 1 aliphatic rings. The Morgan fingerprint density at radius 3 is 2.70 bits per heavy atom. The molecule has 110 valence electrons. The van der Waals surface area contributed by atoms with E-state index in [1.807, 2.05) is 6.07 Å². The van der Waals surface area contributed by atoms with Crippen LogP contribution in [0.3, 0.4) is 0 Å². The van der Waals surface area contributed by atoms with Crippen molar-refractivity contribution in [3.05, 3.63) is 23.8 Å². The summed E-state index contributed by atoms with van der Waals surface area (Å²) in [6.07, 6.45) is 0.485. The van der Waals surface area contributed by atoms with E-state index in [-0.39, 0.29) is 5.75 Å². The van der Waals surface area contributed by atoms with Gasteiger partial charge in [-0.3, -0.25) is 5.32 Å². The number of nitrogens with two attached hydrogens (primary N) is 1. The predicted molar refractivity (Wildman–Crippen MR) is 77.9 cm³/mol. The van der Waals surface area contributed by atoms with Crippen LogP contribution in [0, 0.1) is 5.92 Å². The number of hydrogen-bond acceptors (Lipinski definition) is 4. The minimum Gasteiger partial charge on any atom is -0.508 e. The van der Waals surface area contributed by atoms with Crippen LogP contribution >= 0.6 is 0 Å². The van der Waals surface area contributed by atoms with Crippen molar-refractivity contribution in [2.75, 3.05) is 11.9 Å². The summed E-state index contributed by atoms with van der Waals surface area (Å²) in [6, 6.07) is 5.15. The Bertz CT molecular complexity index is 508. The Labute approximate surface area is 119 Å². The van der Waals surface area contributed by atoms with Crippen LogP contribution in [-0.4, -0.2) is 23.3 Å². The summed E-state index contributed by atoms with van der Waals surface area (Å²) in [4.78, 5) is 11.6. The highest BCUT2D eigenvalue weighted by Gasteiger charge is 2.38. The predicted octanol–water partition coefficient (Wildman–Crippen LogP) is 2.80. The number of amides is 1. The molecule has 0 spiro atoms. The number of nitrogens with one attached hydrogen (secondary N) is 1. The maximum atomic E-state index is 11.6. The standard InChI is InChI=1S/C15H22N2O3/c1-15(2,3)20-14(19)17-10-4-5-11(13(18)7-10)12-6-9(12)8-16/h4-5,7,9,12,18H,6,8,16H2,1-3H3,(H,17,19). The number of hydrogen-bond donors (Lipinski definition) is 3. The van der Waals surface area contributed by atoms with Crippen LogP contribution in [0.25, 0.3) is 0 Å². The van der Waals surface area contributed by atoms with Gasteiger partial charge in [0.05, 0.1) is 0 Å². The Kier molecular flexibility index (Phi) is 3.90. The van der Waals surface area contributed by atoms with E-state index < -0.39 is 11.7 Å². The number of rotatable bonds is 3. The molecule has 1 amide bonds. The van der Waals surface area contributed by atoms with Gasteiger partial charge in [-0.1, -0.05) is 6.07 Å². The van der Waals surface area contributed by atoms with Crippen molar-refractivity contribution in [3.63, 3.8) is 0 Å². The van der Waals surface area contributed by atoms with Gasteiger partial charge in [-0.2, -0.15) is 0 Å². The van der Waals surface area contributed by atoms with Gasteiger partial charge < -0.3 is 15.6 Å². The van der Waals surface area contributed by atoms with E-state index in [2.05, 4.69) is 5.32 Å². The highest BCUT2D eigenvalue weighted by Crippen LogP contribution is 2.49. The average Bonchev–Trinajstić information content (AvgIpc) is 3.05. The summed E-state index contributed by atoms with van der Waals surface area (Å²) in [6.45, 7) is 6.04. The number of carbonyl (C=O) groups excluding carboxylic acids is 1. The van der Waals surface area contributed by atoms with Gasteiger partial charge in [0.1, 0.15) is 11.4 Å². The van der Waals surface area contributed by atoms with E-state index in [0.29, 0.717) is 24.1 Å². The highest BCUT2D eigenvalue weighted by atomic mass is 16.6. The number of ether oxygens (including phenoxy) is 1. The van der Waals surface area contributed by atoms with Crippen LogP contribution in [-0.2, 0) is 4.74 Å². The number of phenols is 1. The molecule has 4 N–H and O–H groups in total. The second-order valence-corrected chi connectivity index (χ2v) is 6.24. The second-order valence-electron chi connectivity index (χ2n) is 6.24. The quantitative estimate of drug-likeness (QED) is 0.793. The lowest BCUT2D eigenvalue weighted by atomic mass is 10.1. The molecule has 2 rings (SSSR count). The summed E-state index contributed by atoms with van der Waals surface area (Å²) < 4.78 is 5.16. The number of phenolic OH excluding ortho intramolecular Hbond substituents is 1. The van der Waals surface area contributed by atoms with Gasteiger partial charge in [-0.15, -0.1) is 0 Å². The van der Waals surface area contributed by atoms with Crippen molar-refractivity contribution in [3.8, 4) is 5.75 Å². The van der Waals surface area contributed by atoms with E-state index in [1.54, 1.807) is 32.9 Å². The summed E-state index contributed by atoms with van der Waals surface area (Å²) in [5.41, 5.74) is 6.48. The summed E-state index contributed by atoms with van der Waals surface area (Å²) in [5, 5.41) is 12.6. The zero-order chi connectivity index (χ0) is 14.9. The van der Waals surface area contributed by atoms with Gasteiger partial charge in [0.15, 0.2) is 0 Å². The molecule has 0 radical (unpaired) electrons. The van der Waals surface area contributed by atoms with Crippen molar-refractivity contribution in [2.24, 2.45) is 11.7 Å². The minimum atomic E-state index is -0.547. The van der Waals surface area contributed by atoms with Crippen LogP contribution in [0.2, 0.25) is 0 Å². The minimum absolute atomic E-state index is 0.194. The molecule has 2 atom stereocenters. The maximum Gasteiger partial charge on any atom is 0.412 e. The Morgan fingerprint density at radius 1 is 1.50 bits per heavy atom. The van der Waals surface area contributed by atoms with Gasteiger partial charge in [-0.25, -0.2) is 4.79 Å². The highest BCUT2D eigenvalue weighted by molar-refractivity contribution is 5.85. The first-order valence-corrected chi connectivity index (χ1v) is 6.83. The largest absolute Gasteiger partial charge is 0.508 e. The second kappa shape index (κ2) is 5.32. The first-order chi connectivity index (χ1) is 9.30. The van der Waals surface area contributed by atoms with E-state index >= 15 is 0 Å². The van der Waals surface area contributed by atoms with Gasteiger partial charge in [-0.05, 0) is 57.2 Å². The van der Waals surface area contributed by atoms with E-state index in [9.17, 15) is 9.90 Å². The summed E-state index contributed by atoms with van der Waals surface area (Å²) in [7, 11) is 0. The van der Waals surface area contributed by atoms with Crippen LogP contribution in [0.15, 0.2) is 18.2 Å². The third-order valence-corrected chi connectivity index (χ3v) is 3.30. The molecule has 0 saturated heterocycles. The fourth-order valence-corrected chi connectivity index (χ4v) is 2.25. The molecule has 1 saturated carbocycles. The Morgan fingerprint density at radius 2 is 2.20 bits per heavy atom. The van der Waals surface area contributed by atoms with Crippen molar-refractivity contribution in [1.82, 2.24) is 0 Å². The van der Waals surface area contributed by atoms with Crippen molar-refractivity contribution in [2.45, 2.75) is 38.7 Å². The van der Waals surface area contributed by atoms with Crippen molar-refractivity contribution >= 4 is 11.8 Å². The molecule has 20 heavy (non-hydrogen) atoms. The lowest BCUT2D eigenvalue weighted by Crippen LogP contribution is -2.27. The molecule has 0 heterocycles. The fourth-order valence-electron chi connectivity index (χ4n) is 2.25. The lowest BCUT2D eigenvalue weighted by Gasteiger charge is -2.19. The monoisotopic (exact) mass is 278 g/mol. The third-order valence-electron chi connectivity index (χ3n) is 3.30. The molecule has 1 aliphatic carbocycles. The molecule has 2 unspecified atom stereocenters. The number of benzene rings is 1. The van der Waals surface area contributed by atoms with Crippen LogP contribution in [0.1, 0.15) is 38.7 Å². The molecular formula is C15H22N2O3.